The molecule has 3 heteroatoms. The topological polar surface area (TPSA) is 21.7 Å². The summed E-state index contributed by atoms with van der Waals surface area (Å²) in [6, 6.07) is 17.0. The molecule has 0 unspecified atom stereocenters. The molecule has 0 amide bonds. The molecule has 3 rings (SSSR count). The van der Waals surface area contributed by atoms with E-state index < -0.39 is 0 Å². The molecule has 0 spiro atoms. The molecule has 0 atom stereocenters. The third kappa shape index (κ3) is 4.11. The maximum absolute atomic E-state index is 5.57. The molecular formula is C27H29NO2. The van der Waals surface area contributed by atoms with Crippen LogP contribution in [0.15, 0.2) is 79.4 Å². The summed E-state index contributed by atoms with van der Waals surface area (Å²) < 4.78 is 11.1. The molecule has 0 aliphatic rings. The smallest absolute Gasteiger partial charge is 0.161 e. The average Bonchev–Trinajstić information content (AvgIpc) is 2.78. The van der Waals surface area contributed by atoms with E-state index in [2.05, 4.69) is 87.1 Å². The molecule has 3 aromatic carbocycles. The second-order valence-electron chi connectivity index (χ2n) is 7.20. The Balaban J connectivity index is 2.39. The minimum absolute atomic E-state index is 0.718. The summed E-state index contributed by atoms with van der Waals surface area (Å²) in [6.07, 6.45) is 7.95. The third-order valence-corrected chi connectivity index (χ3v) is 5.19. The van der Waals surface area contributed by atoms with Crippen molar-refractivity contribution in [3.05, 3.63) is 85.0 Å². The number of hydrogen-bond donors (Lipinski definition) is 0. The van der Waals surface area contributed by atoms with Gasteiger partial charge in [0.05, 0.1) is 14.2 Å². The van der Waals surface area contributed by atoms with Crippen LogP contribution in [0.4, 0.5) is 5.69 Å². The molecule has 0 radical (unpaired) electrons. The molecule has 0 heterocycles. The first kappa shape index (κ1) is 21.3. The first-order valence-electron chi connectivity index (χ1n) is 9.96. The van der Waals surface area contributed by atoms with Crippen molar-refractivity contribution in [1.29, 1.82) is 0 Å². The molecule has 0 N–H and O–H groups in total. The highest BCUT2D eigenvalue weighted by Crippen LogP contribution is 2.40. The van der Waals surface area contributed by atoms with E-state index in [0.29, 0.717) is 0 Å². The van der Waals surface area contributed by atoms with E-state index >= 15 is 0 Å². The lowest BCUT2D eigenvalue weighted by atomic mass is 9.91. The molecule has 0 aromatic heterocycles. The first-order chi connectivity index (χ1) is 14.5. The van der Waals surface area contributed by atoms with Crippen molar-refractivity contribution in [1.82, 2.24) is 0 Å². The van der Waals surface area contributed by atoms with Crippen LogP contribution in [0, 0.1) is 0 Å². The Kier molecular flexibility index (Phi) is 6.63. The molecule has 0 aliphatic carbocycles. The van der Waals surface area contributed by atoms with Crippen LogP contribution in [0.5, 0.6) is 11.5 Å². The first-order valence-corrected chi connectivity index (χ1v) is 9.96. The van der Waals surface area contributed by atoms with Gasteiger partial charge >= 0.3 is 0 Å². The zero-order chi connectivity index (χ0) is 21.7. The Bertz CT molecular complexity index is 1120. The van der Waals surface area contributed by atoms with Crippen molar-refractivity contribution in [2.75, 3.05) is 33.2 Å². The lowest BCUT2D eigenvalue weighted by Gasteiger charge is -2.20. The fraction of sp³-hybridized carbons (Fsp3) is 0.185. The van der Waals surface area contributed by atoms with Gasteiger partial charge in [-0.05, 0) is 64.7 Å². The van der Waals surface area contributed by atoms with E-state index in [9.17, 15) is 0 Å². The predicted octanol–water partition coefficient (Wildman–Crippen LogP) is 6.74. The number of hydrogen-bond acceptors (Lipinski definition) is 3. The second-order valence-corrected chi connectivity index (χ2v) is 7.20. The number of fused-ring (bicyclic) bond motifs is 1. The molecule has 30 heavy (non-hydrogen) atoms. The molecule has 0 saturated heterocycles. The maximum Gasteiger partial charge on any atom is 0.161 e. The Morgan fingerprint density at radius 1 is 0.967 bits per heavy atom. The quantitative estimate of drug-likeness (QED) is 0.411. The number of nitrogens with zero attached hydrogens (tertiary/aromatic N) is 1. The molecule has 0 bridgehead atoms. The van der Waals surface area contributed by atoms with Crippen LogP contribution in [-0.2, 0) is 0 Å². The zero-order valence-electron chi connectivity index (χ0n) is 18.4. The third-order valence-electron chi connectivity index (χ3n) is 5.19. The van der Waals surface area contributed by atoms with Crippen LogP contribution in [0.2, 0.25) is 0 Å². The fourth-order valence-electron chi connectivity index (χ4n) is 3.71. The van der Waals surface area contributed by atoms with Gasteiger partial charge in [0.2, 0.25) is 0 Å². The van der Waals surface area contributed by atoms with Crippen molar-refractivity contribution >= 4 is 22.0 Å². The molecule has 0 saturated carbocycles. The number of rotatable bonds is 7. The summed E-state index contributed by atoms with van der Waals surface area (Å²) in [4.78, 5) is 2.14. The number of benzene rings is 3. The van der Waals surface area contributed by atoms with Crippen LogP contribution in [0.1, 0.15) is 12.5 Å². The van der Waals surface area contributed by atoms with Crippen molar-refractivity contribution < 1.29 is 9.47 Å². The lowest BCUT2D eigenvalue weighted by molar-refractivity contribution is 0.356. The monoisotopic (exact) mass is 399 g/mol. The van der Waals surface area contributed by atoms with Crippen LogP contribution < -0.4 is 14.4 Å². The fourth-order valence-corrected chi connectivity index (χ4v) is 3.71. The highest BCUT2D eigenvalue weighted by Gasteiger charge is 2.15. The SMILES string of the molecule is C=C/C=C\C(=C/C)c1cc(-c2ccccc2N(C)C)cc2cc(OC)c(OC)cc12. The van der Waals surface area contributed by atoms with E-state index in [1.165, 1.54) is 11.3 Å². The number of methoxy groups -OCH3 is 2. The minimum Gasteiger partial charge on any atom is -0.493 e. The van der Waals surface area contributed by atoms with Gasteiger partial charge in [0.15, 0.2) is 11.5 Å². The average molecular weight is 400 g/mol. The molecular weight excluding hydrogens is 370 g/mol. The Morgan fingerprint density at radius 2 is 1.67 bits per heavy atom. The van der Waals surface area contributed by atoms with Gasteiger partial charge in [-0.1, -0.05) is 49.1 Å². The van der Waals surface area contributed by atoms with Gasteiger partial charge in [0.25, 0.3) is 0 Å². The summed E-state index contributed by atoms with van der Waals surface area (Å²) in [6.45, 7) is 5.86. The second kappa shape index (κ2) is 9.36. The summed E-state index contributed by atoms with van der Waals surface area (Å²) in [5, 5.41) is 2.21. The van der Waals surface area contributed by atoms with Crippen molar-refractivity contribution in [2.24, 2.45) is 0 Å². The summed E-state index contributed by atoms with van der Waals surface area (Å²) in [5.41, 5.74) is 5.77. The van der Waals surface area contributed by atoms with Gasteiger partial charge in [-0.25, -0.2) is 0 Å². The van der Waals surface area contributed by atoms with E-state index in [4.69, 9.17) is 9.47 Å². The number of allylic oxidation sites excluding steroid dienone is 5. The number of anilines is 1. The van der Waals surface area contributed by atoms with E-state index in [1.807, 2.05) is 12.1 Å². The predicted molar refractivity (Wildman–Crippen MR) is 130 cm³/mol. The van der Waals surface area contributed by atoms with Crippen LogP contribution in [0.3, 0.4) is 0 Å². The van der Waals surface area contributed by atoms with Gasteiger partial charge < -0.3 is 14.4 Å². The van der Waals surface area contributed by atoms with Crippen LogP contribution in [0.25, 0.3) is 27.5 Å². The van der Waals surface area contributed by atoms with Gasteiger partial charge in [0.1, 0.15) is 0 Å². The number of ether oxygens (including phenoxy) is 2. The molecule has 3 nitrogen and oxygen atoms in total. The van der Waals surface area contributed by atoms with Crippen molar-refractivity contribution in [3.8, 4) is 22.6 Å². The Hall–Kier alpha value is -3.46. The molecule has 0 fully saturated rings. The van der Waals surface area contributed by atoms with E-state index in [1.54, 1.807) is 20.3 Å². The van der Waals surface area contributed by atoms with Crippen LogP contribution in [-0.4, -0.2) is 28.3 Å². The summed E-state index contributed by atoms with van der Waals surface area (Å²) >= 11 is 0. The van der Waals surface area contributed by atoms with E-state index in [0.717, 1.165) is 39.0 Å². The largest absolute Gasteiger partial charge is 0.493 e. The molecule has 154 valence electrons. The normalized spacial score (nSPS) is 11.7. The van der Waals surface area contributed by atoms with Crippen LogP contribution >= 0.6 is 0 Å². The highest BCUT2D eigenvalue weighted by molar-refractivity contribution is 6.01. The highest BCUT2D eigenvalue weighted by atomic mass is 16.5. The Morgan fingerprint density at radius 3 is 2.30 bits per heavy atom. The Labute approximate surface area is 179 Å². The number of para-hydroxylation sites is 1. The summed E-state index contributed by atoms with van der Waals surface area (Å²) in [5.74, 6) is 1.44. The molecule has 3 aromatic rings. The molecule has 0 aliphatic heterocycles. The van der Waals surface area contributed by atoms with Crippen molar-refractivity contribution in [2.45, 2.75) is 6.92 Å². The minimum atomic E-state index is 0.718. The lowest BCUT2D eigenvalue weighted by Crippen LogP contribution is -2.09. The zero-order valence-corrected chi connectivity index (χ0v) is 18.4. The van der Waals surface area contributed by atoms with Gasteiger partial charge in [-0.2, -0.15) is 0 Å². The standard InChI is InChI=1S/C27H29NO2/c1-7-9-12-19(8-2)23-16-20(22-13-10-11-14-25(22)28(3)4)15-21-17-26(29-5)27(30-6)18-24(21)23/h7-18H,1H2,2-6H3/b12-9-,19-8+. The van der Waals surface area contributed by atoms with Gasteiger partial charge in [0, 0.05) is 25.3 Å². The van der Waals surface area contributed by atoms with Gasteiger partial charge in [-0.15, -0.1) is 0 Å². The van der Waals surface area contributed by atoms with Gasteiger partial charge in [-0.3, -0.25) is 0 Å². The summed E-state index contributed by atoms with van der Waals surface area (Å²) in [7, 11) is 7.47. The van der Waals surface area contributed by atoms with E-state index in [-0.39, 0.29) is 0 Å². The maximum atomic E-state index is 5.57. The van der Waals surface area contributed by atoms with Crippen molar-refractivity contribution in [3.63, 3.8) is 0 Å².